The van der Waals surface area contributed by atoms with E-state index in [1.165, 1.54) is 7.11 Å². The van der Waals surface area contributed by atoms with E-state index in [-0.39, 0.29) is 11.3 Å². The van der Waals surface area contributed by atoms with Gasteiger partial charge in [-0.25, -0.2) is 0 Å². The van der Waals surface area contributed by atoms with Crippen LogP contribution in [0.25, 0.3) is 11.0 Å². The summed E-state index contributed by atoms with van der Waals surface area (Å²) < 4.78 is 17.3. The van der Waals surface area contributed by atoms with Crippen LogP contribution in [0.5, 0.6) is 11.5 Å². The number of hydrogen-bond donors (Lipinski definition) is 1. The largest absolute Gasteiger partial charge is 0.503 e. The summed E-state index contributed by atoms with van der Waals surface area (Å²) in [7, 11) is 1.53. The van der Waals surface area contributed by atoms with Crippen molar-refractivity contribution in [2.75, 3.05) is 39.9 Å². The van der Waals surface area contributed by atoms with E-state index in [2.05, 4.69) is 25.7 Å². The number of furan rings is 1. The van der Waals surface area contributed by atoms with Gasteiger partial charge in [0.05, 0.1) is 25.3 Å². The summed E-state index contributed by atoms with van der Waals surface area (Å²) in [6, 6.07) is 13.7. The van der Waals surface area contributed by atoms with Crippen molar-refractivity contribution in [3.63, 3.8) is 0 Å². The van der Waals surface area contributed by atoms with Crippen LogP contribution < -0.4 is 9.47 Å². The van der Waals surface area contributed by atoms with Crippen molar-refractivity contribution in [1.29, 1.82) is 0 Å². The predicted molar refractivity (Wildman–Crippen MR) is 155 cm³/mol. The fourth-order valence-corrected chi connectivity index (χ4v) is 5.23. The number of nitrogens with zero attached hydrogens (tertiary/aromatic N) is 2. The SMILES string of the molecule is CCCCCOc1cccc(C2C(C(=O)c3cc4cccc(OC)c4o3)=C(O)C(=O)N2CCCN(CC)CC)c1. The zero-order valence-corrected chi connectivity index (χ0v) is 23.9. The van der Waals surface area contributed by atoms with Gasteiger partial charge in [-0.1, -0.05) is 57.9 Å². The minimum atomic E-state index is -0.772. The number of aliphatic hydroxyl groups excluding tert-OH is 1. The lowest BCUT2D eigenvalue weighted by atomic mass is 9.94. The molecule has 8 heteroatoms. The molecule has 0 aliphatic carbocycles. The van der Waals surface area contributed by atoms with Crippen LogP contribution in [0.4, 0.5) is 0 Å². The van der Waals surface area contributed by atoms with Crippen molar-refractivity contribution in [2.24, 2.45) is 0 Å². The molecular formula is C32H40N2O6. The zero-order chi connectivity index (χ0) is 28.6. The van der Waals surface area contributed by atoms with E-state index in [4.69, 9.17) is 13.9 Å². The molecule has 0 saturated carbocycles. The van der Waals surface area contributed by atoms with Crippen LogP contribution >= 0.6 is 0 Å². The molecule has 1 atom stereocenters. The molecular weight excluding hydrogens is 508 g/mol. The lowest BCUT2D eigenvalue weighted by Gasteiger charge is -2.28. The number of para-hydroxylation sites is 1. The number of benzene rings is 2. The number of carbonyl (C=O) groups excluding carboxylic acids is 2. The molecule has 1 aromatic heterocycles. The van der Waals surface area contributed by atoms with Crippen molar-refractivity contribution in [1.82, 2.24) is 9.80 Å². The fraction of sp³-hybridized carbons (Fsp3) is 0.438. The molecule has 0 fully saturated rings. The van der Waals surface area contributed by atoms with Gasteiger partial charge in [0.15, 0.2) is 22.9 Å². The Kier molecular flexibility index (Phi) is 9.88. The van der Waals surface area contributed by atoms with Gasteiger partial charge in [-0.3, -0.25) is 9.59 Å². The summed E-state index contributed by atoms with van der Waals surface area (Å²) in [5.74, 6) is -0.434. The van der Waals surface area contributed by atoms with E-state index >= 15 is 0 Å². The number of aliphatic hydroxyl groups is 1. The highest BCUT2D eigenvalue weighted by molar-refractivity contribution is 6.16. The second-order valence-corrected chi connectivity index (χ2v) is 9.99. The van der Waals surface area contributed by atoms with E-state index in [1.807, 2.05) is 36.4 Å². The van der Waals surface area contributed by atoms with Crippen LogP contribution in [-0.4, -0.2) is 66.5 Å². The summed E-state index contributed by atoms with van der Waals surface area (Å²) in [5.41, 5.74) is 1.15. The summed E-state index contributed by atoms with van der Waals surface area (Å²) in [5, 5.41) is 11.8. The smallest absolute Gasteiger partial charge is 0.290 e. The maximum atomic E-state index is 13.9. The van der Waals surface area contributed by atoms with Crippen LogP contribution in [0.15, 0.2) is 64.3 Å². The van der Waals surface area contributed by atoms with Crippen LogP contribution in [-0.2, 0) is 4.79 Å². The number of Topliss-reactive ketones (excluding diaryl/α,β-unsaturated/α-hetero) is 1. The number of ketones is 1. The number of carbonyl (C=O) groups is 2. The molecule has 2 aromatic carbocycles. The molecule has 0 spiro atoms. The van der Waals surface area contributed by atoms with Crippen molar-refractivity contribution in [2.45, 2.75) is 52.5 Å². The van der Waals surface area contributed by atoms with Gasteiger partial charge in [-0.2, -0.15) is 0 Å². The van der Waals surface area contributed by atoms with Gasteiger partial charge in [0.2, 0.25) is 5.78 Å². The van der Waals surface area contributed by atoms with E-state index < -0.39 is 23.5 Å². The third-order valence-corrected chi connectivity index (χ3v) is 7.46. The van der Waals surface area contributed by atoms with Gasteiger partial charge in [-0.05, 0) is 62.3 Å². The molecule has 1 N–H and O–H groups in total. The Labute approximate surface area is 236 Å². The standard InChI is InChI=1S/C32H40N2O6/c1-5-8-9-19-39-24-15-10-13-22(20-24)28-27(30(36)32(37)34(28)18-12-17-33(6-2)7-3)29(35)26-21-23-14-11-16-25(38-4)31(23)40-26/h10-11,13-16,20-21,28,36H,5-9,12,17-19H2,1-4H3. The van der Waals surface area contributed by atoms with Crippen molar-refractivity contribution < 1.29 is 28.6 Å². The van der Waals surface area contributed by atoms with E-state index in [0.29, 0.717) is 47.6 Å². The first-order valence-electron chi connectivity index (χ1n) is 14.2. The first kappa shape index (κ1) is 29.2. The topological polar surface area (TPSA) is 92.4 Å². The molecule has 8 nitrogen and oxygen atoms in total. The zero-order valence-electron chi connectivity index (χ0n) is 23.9. The van der Waals surface area contributed by atoms with Gasteiger partial charge in [0.1, 0.15) is 5.75 Å². The molecule has 0 bridgehead atoms. The Bertz CT molecular complexity index is 1360. The molecule has 3 aromatic rings. The highest BCUT2D eigenvalue weighted by atomic mass is 16.5. The predicted octanol–water partition coefficient (Wildman–Crippen LogP) is 6.32. The Morgan fingerprint density at radius 2 is 1.82 bits per heavy atom. The van der Waals surface area contributed by atoms with Gasteiger partial charge in [0, 0.05) is 11.9 Å². The van der Waals surface area contributed by atoms with Gasteiger partial charge in [-0.15, -0.1) is 0 Å². The monoisotopic (exact) mass is 548 g/mol. The van der Waals surface area contributed by atoms with Gasteiger partial charge in [0.25, 0.3) is 5.91 Å². The Morgan fingerprint density at radius 3 is 2.55 bits per heavy atom. The quantitative estimate of drug-likeness (QED) is 0.175. The average molecular weight is 549 g/mol. The average Bonchev–Trinajstić information content (AvgIpc) is 3.52. The summed E-state index contributed by atoms with van der Waals surface area (Å²) in [6.45, 7) is 9.94. The summed E-state index contributed by atoms with van der Waals surface area (Å²) >= 11 is 0. The molecule has 2 heterocycles. The third-order valence-electron chi connectivity index (χ3n) is 7.46. The molecule has 1 aliphatic rings. The Morgan fingerprint density at radius 1 is 1.05 bits per heavy atom. The van der Waals surface area contributed by atoms with Crippen molar-refractivity contribution in [3.8, 4) is 11.5 Å². The summed E-state index contributed by atoms with van der Waals surface area (Å²) in [4.78, 5) is 31.2. The van der Waals surface area contributed by atoms with Crippen molar-refractivity contribution >= 4 is 22.7 Å². The highest BCUT2D eigenvalue weighted by Gasteiger charge is 2.44. The lowest BCUT2D eigenvalue weighted by Crippen LogP contribution is -2.34. The molecule has 40 heavy (non-hydrogen) atoms. The Hall–Kier alpha value is -3.78. The van der Waals surface area contributed by atoms with Gasteiger partial charge < -0.3 is 28.8 Å². The second-order valence-electron chi connectivity index (χ2n) is 9.99. The number of hydrogen-bond acceptors (Lipinski definition) is 7. The lowest BCUT2D eigenvalue weighted by molar-refractivity contribution is -0.129. The van der Waals surface area contributed by atoms with Crippen LogP contribution in [0.2, 0.25) is 0 Å². The van der Waals surface area contributed by atoms with Crippen LogP contribution in [0.1, 0.15) is 68.6 Å². The molecule has 0 radical (unpaired) electrons. The maximum absolute atomic E-state index is 13.9. The Balaban J connectivity index is 1.69. The minimum Gasteiger partial charge on any atom is -0.503 e. The summed E-state index contributed by atoms with van der Waals surface area (Å²) in [6.07, 6.45) is 3.82. The number of ether oxygens (including phenoxy) is 2. The van der Waals surface area contributed by atoms with Crippen LogP contribution in [0.3, 0.4) is 0 Å². The molecule has 1 unspecified atom stereocenters. The minimum absolute atomic E-state index is 0.00833. The third kappa shape index (κ3) is 6.17. The second kappa shape index (κ2) is 13.5. The number of methoxy groups -OCH3 is 1. The maximum Gasteiger partial charge on any atom is 0.290 e. The van der Waals surface area contributed by atoms with E-state index in [0.717, 1.165) is 38.9 Å². The number of amides is 1. The molecule has 4 rings (SSSR count). The van der Waals surface area contributed by atoms with E-state index in [1.54, 1.807) is 17.0 Å². The number of fused-ring (bicyclic) bond motifs is 1. The van der Waals surface area contributed by atoms with Gasteiger partial charge >= 0.3 is 0 Å². The normalized spacial score (nSPS) is 15.5. The first-order chi connectivity index (χ1) is 19.4. The molecule has 0 saturated heterocycles. The number of unbranched alkanes of at least 4 members (excludes halogenated alkanes) is 2. The highest BCUT2D eigenvalue weighted by Crippen LogP contribution is 2.41. The van der Waals surface area contributed by atoms with E-state index in [9.17, 15) is 14.7 Å². The van der Waals surface area contributed by atoms with Crippen LogP contribution in [0, 0.1) is 0 Å². The molecule has 1 amide bonds. The fourth-order valence-electron chi connectivity index (χ4n) is 5.23. The van der Waals surface area contributed by atoms with Crippen molar-refractivity contribution in [3.05, 3.63) is 71.2 Å². The molecule has 214 valence electrons. The number of rotatable bonds is 15. The molecule has 1 aliphatic heterocycles. The first-order valence-corrected chi connectivity index (χ1v) is 14.2.